The van der Waals surface area contributed by atoms with E-state index < -0.39 is 0 Å². The van der Waals surface area contributed by atoms with Crippen molar-refractivity contribution in [2.24, 2.45) is 0 Å². The fraction of sp³-hybridized carbons (Fsp3) is 0.417. The number of benzene rings is 1. The van der Waals surface area contributed by atoms with E-state index in [1.54, 1.807) is 6.07 Å². The number of nitrogens with zero attached hydrogens (tertiary/aromatic N) is 1. The van der Waals surface area contributed by atoms with E-state index >= 15 is 0 Å². The summed E-state index contributed by atoms with van der Waals surface area (Å²) >= 11 is 0. The first kappa shape index (κ1) is 9.51. The van der Waals surface area contributed by atoms with Crippen LogP contribution in [-0.4, -0.2) is 30.0 Å². The van der Waals surface area contributed by atoms with Crippen molar-refractivity contribution in [2.45, 2.75) is 18.9 Å². The Bertz CT molecular complexity index is 445. The molecule has 1 atom stereocenters. The van der Waals surface area contributed by atoms with Gasteiger partial charge in [-0.1, -0.05) is 6.07 Å². The van der Waals surface area contributed by atoms with Crippen molar-refractivity contribution in [1.82, 2.24) is 4.90 Å². The highest BCUT2D eigenvalue weighted by molar-refractivity contribution is 6.02. The van der Waals surface area contributed by atoms with Crippen LogP contribution in [0, 0.1) is 0 Å². The number of nitrogens with two attached hydrogens (primary N) is 1. The molecule has 0 aliphatic carbocycles. The summed E-state index contributed by atoms with van der Waals surface area (Å²) in [5, 5.41) is 0. The molecule has 4 heteroatoms. The molecule has 2 aliphatic rings. The summed E-state index contributed by atoms with van der Waals surface area (Å²) in [5.74, 6) is 0.646. The van der Waals surface area contributed by atoms with E-state index in [1.165, 1.54) is 0 Å². The molecule has 16 heavy (non-hydrogen) atoms. The van der Waals surface area contributed by atoms with Gasteiger partial charge in [-0.25, -0.2) is 0 Å². The van der Waals surface area contributed by atoms with Gasteiger partial charge in [0, 0.05) is 12.2 Å². The Morgan fingerprint density at radius 3 is 3.19 bits per heavy atom. The number of anilines is 1. The van der Waals surface area contributed by atoms with Crippen LogP contribution in [0.3, 0.4) is 0 Å². The first-order valence-electron chi connectivity index (χ1n) is 5.59. The van der Waals surface area contributed by atoms with Gasteiger partial charge < -0.3 is 15.4 Å². The van der Waals surface area contributed by atoms with E-state index in [2.05, 4.69) is 0 Å². The lowest BCUT2D eigenvalue weighted by atomic mass is 10.1. The maximum atomic E-state index is 12.3. The molecule has 0 spiro atoms. The molecule has 0 bridgehead atoms. The zero-order valence-electron chi connectivity index (χ0n) is 8.98. The van der Waals surface area contributed by atoms with E-state index in [-0.39, 0.29) is 11.9 Å². The van der Waals surface area contributed by atoms with Crippen molar-refractivity contribution in [3.63, 3.8) is 0 Å². The second kappa shape index (κ2) is 3.40. The number of ether oxygens (including phenoxy) is 1. The number of hydrogen-bond donors (Lipinski definition) is 1. The van der Waals surface area contributed by atoms with Crippen molar-refractivity contribution < 1.29 is 9.53 Å². The number of amides is 1. The van der Waals surface area contributed by atoms with Crippen LogP contribution >= 0.6 is 0 Å². The Labute approximate surface area is 94.0 Å². The predicted molar refractivity (Wildman–Crippen MR) is 60.4 cm³/mol. The minimum absolute atomic E-state index is 0.0214. The molecule has 3 rings (SSSR count). The van der Waals surface area contributed by atoms with E-state index in [9.17, 15) is 4.79 Å². The predicted octanol–water partition coefficient (Wildman–Crippen LogP) is 1.27. The van der Waals surface area contributed by atoms with Crippen molar-refractivity contribution >= 4 is 11.6 Å². The first-order chi connectivity index (χ1) is 7.77. The highest BCUT2D eigenvalue weighted by Crippen LogP contribution is 2.32. The molecular formula is C12H14N2O2. The van der Waals surface area contributed by atoms with Crippen molar-refractivity contribution in [2.75, 3.05) is 18.9 Å². The molecule has 1 aromatic rings. The van der Waals surface area contributed by atoms with Gasteiger partial charge in [0.1, 0.15) is 17.9 Å². The summed E-state index contributed by atoms with van der Waals surface area (Å²) in [6.45, 7) is 1.41. The van der Waals surface area contributed by atoms with Gasteiger partial charge in [0.05, 0.1) is 6.04 Å². The summed E-state index contributed by atoms with van der Waals surface area (Å²) < 4.78 is 5.67. The van der Waals surface area contributed by atoms with Crippen LogP contribution < -0.4 is 10.5 Å². The highest BCUT2D eigenvalue weighted by Gasteiger charge is 2.35. The van der Waals surface area contributed by atoms with E-state index in [1.807, 2.05) is 17.0 Å². The SMILES string of the molecule is Nc1cccc2c1C(=O)N1CCC[C@H]1CO2. The fourth-order valence-corrected chi connectivity index (χ4v) is 2.50. The third kappa shape index (κ3) is 1.26. The Morgan fingerprint density at radius 2 is 2.31 bits per heavy atom. The summed E-state index contributed by atoms with van der Waals surface area (Å²) in [7, 11) is 0. The van der Waals surface area contributed by atoms with Crippen molar-refractivity contribution in [3.8, 4) is 5.75 Å². The minimum Gasteiger partial charge on any atom is -0.491 e. The van der Waals surface area contributed by atoms with Crippen LogP contribution in [0.25, 0.3) is 0 Å². The zero-order chi connectivity index (χ0) is 11.1. The Hall–Kier alpha value is -1.71. The molecule has 1 amide bonds. The van der Waals surface area contributed by atoms with Crippen molar-refractivity contribution in [3.05, 3.63) is 23.8 Å². The highest BCUT2D eigenvalue weighted by atomic mass is 16.5. The van der Waals surface area contributed by atoms with Gasteiger partial charge >= 0.3 is 0 Å². The van der Waals surface area contributed by atoms with Crippen LogP contribution in [0.4, 0.5) is 5.69 Å². The normalized spacial score (nSPS) is 23.4. The first-order valence-corrected chi connectivity index (χ1v) is 5.59. The zero-order valence-corrected chi connectivity index (χ0v) is 8.98. The molecule has 4 nitrogen and oxygen atoms in total. The molecule has 84 valence electrons. The molecule has 0 unspecified atom stereocenters. The third-order valence-electron chi connectivity index (χ3n) is 3.34. The van der Waals surface area contributed by atoms with Gasteiger partial charge in [-0.15, -0.1) is 0 Å². The smallest absolute Gasteiger partial charge is 0.260 e. The van der Waals surface area contributed by atoms with Gasteiger partial charge in [0.2, 0.25) is 0 Å². The van der Waals surface area contributed by atoms with Gasteiger partial charge in [-0.2, -0.15) is 0 Å². The van der Waals surface area contributed by atoms with Gasteiger partial charge in [-0.05, 0) is 25.0 Å². The Kier molecular flexibility index (Phi) is 2.02. The second-order valence-corrected chi connectivity index (χ2v) is 4.33. The lowest BCUT2D eigenvalue weighted by Gasteiger charge is -2.20. The number of carbonyl (C=O) groups excluding carboxylic acids is 1. The molecule has 0 aromatic heterocycles. The van der Waals surface area contributed by atoms with Crippen LogP contribution in [0.5, 0.6) is 5.75 Å². The topological polar surface area (TPSA) is 55.6 Å². The van der Waals surface area contributed by atoms with Crippen LogP contribution in [0.1, 0.15) is 23.2 Å². The third-order valence-corrected chi connectivity index (χ3v) is 3.34. The fourth-order valence-electron chi connectivity index (χ4n) is 2.50. The molecule has 1 aromatic carbocycles. The Morgan fingerprint density at radius 1 is 1.44 bits per heavy atom. The number of hydrogen-bond acceptors (Lipinski definition) is 3. The maximum Gasteiger partial charge on any atom is 0.260 e. The quantitative estimate of drug-likeness (QED) is 0.667. The monoisotopic (exact) mass is 218 g/mol. The molecule has 0 radical (unpaired) electrons. The van der Waals surface area contributed by atoms with Crippen LogP contribution in [0.15, 0.2) is 18.2 Å². The molecule has 2 heterocycles. The lowest BCUT2D eigenvalue weighted by Crippen LogP contribution is -2.36. The molecule has 1 fully saturated rings. The molecule has 2 N–H and O–H groups in total. The van der Waals surface area contributed by atoms with E-state index in [0.29, 0.717) is 23.6 Å². The lowest BCUT2D eigenvalue weighted by molar-refractivity contribution is 0.0727. The number of fused-ring (bicyclic) bond motifs is 2. The molecule has 1 saturated heterocycles. The maximum absolute atomic E-state index is 12.3. The number of nitrogen functional groups attached to an aromatic ring is 1. The average molecular weight is 218 g/mol. The number of carbonyl (C=O) groups is 1. The van der Waals surface area contributed by atoms with Crippen LogP contribution in [-0.2, 0) is 0 Å². The van der Waals surface area contributed by atoms with Gasteiger partial charge in [0.25, 0.3) is 5.91 Å². The summed E-state index contributed by atoms with van der Waals surface area (Å²) in [4.78, 5) is 14.2. The molecule has 0 saturated carbocycles. The van der Waals surface area contributed by atoms with Gasteiger partial charge in [-0.3, -0.25) is 4.79 Å². The summed E-state index contributed by atoms with van der Waals surface area (Å²) in [6, 6.07) is 5.60. The van der Waals surface area contributed by atoms with E-state index in [4.69, 9.17) is 10.5 Å². The molecular weight excluding hydrogens is 204 g/mol. The standard InChI is InChI=1S/C12H14N2O2/c13-9-4-1-5-10-11(9)12(15)14-6-2-3-8(14)7-16-10/h1,4-5,8H,2-3,6-7,13H2/t8-/m0/s1. The summed E-state index contributed by atoms with van der Waals surface area (Å²) in [6.07, 6.45) is 2.08. The largest absolute Gasteiger partial charge is 0.491 e. The van der Waals surface area contributed by atoms with E-state index in [0.717, 1.165) is 19.4 Å². The van der Waals surface area contributed by atoms with Crippen molar-refractivity contribution in [1.29, 1.82) is 0 Å². The second-order valence-electron chi connectivity index (χ2n) is 4.33. The summed E-state index contributed by atoms with van der Waals surface area (Å²) in [5.41, 5.74) is 6.90. The molecule has 2 aliphatic heterocycles. The Balaban J connectivity index is 2.10. The average Bonchev–Trinajstić information content (AvgIpc) is 2.69. The van der Waals surface area contributed by atoms with Crippen LogP contribution in [0.2, 0.25) is 0 Å². The number of rotatable bonds is 0. The van der Waals surface area contributed by atoms with Gasteiger partial charge in [0.15, 0.2) is 0 Å². The minimum atomic E-state index is 0.0214.